The van der Waals surface area contributed by atoms with Gasteiger partial charge in [-0.1, -0.05) is 12.1 Å². The Kier molecular flexibility index (Phi) is 5.48. The first-order chi connectivity index (χ1) is 11.9. The lowest BCUT2D eigenvalue weighted by atomic mass is 10.1. The Morgan fingerprint density at radius 1 is 1.04 bits per heavy atom. The number of hydrogen-bond acceptors (Lipinski definition) is 3. The highest BCUT2D eigenvalue weighted by Crippen LogP contribution is 2.22. The SMILES string of the molecule is Cc1ccc(S(=O)(=O)NC(C)(C)C)cc1C(=O)Nc1c(F)cccc1F. The number of rotatable bonds is 4. The number of hydrogen-bond donors (Lipinski definition) is 2. The van der Waals surface area contributed by atoms with Gasteiger partial charge in [-0.3, -0.25) is 4.79 Å². The molecule has 0 unspecified atom stereocenters. The normalized spacial score (nSPS) is 12.1. The molecule has 0 aliphatic carbocycles. The third-order valence-corrected chi connectivity index (χ3v) is 5.16. The minimum absolute atomic E-state index is 0.00411. The number of benzene rings is 2. The lowest BCUT2D eigenvalue weighted by molar-refractivity contribution is 0.102. The van der Waals surface area contributed by atoms with Gasteiger partial charge < -0.3 is 5.32 Å². The average molecular weight is 382 g/mol. The summed E-state index contributed by atoms with van der Waals surface area (Å²) in [4.78, 5) is 12.3. The summed E-state index contributed by atoms with van der Waals surface area (Å²) < 4.78 is 54.8. The number of para-hydroxylation sites is 1. The highest BCUT2D eigenvalue weighted by atomic mass is 32.2. The van der Waals surface area contributed by atoms with Crippen molar-refractivity contribution in [2.24, 2.45) is 0 Å². The van der Waals surface area contributed by atoms with Crippen molar-refractivity contribution >= 4 is 21.6 Å². The van der Waals surface area contributed by atoms with Gasteiger partial charge in [-0.05, 0) is 57.5 Å². The minimum atomic E-state index is -3.86. The van der Waals surface area contributed by atoms with Gasteiger partial charge in [0.1, 0.15) is 17.3 Å². The molecule has 0 aliphatic heterocycles. The Bertz CT molecular complexity index is 931. The van der Waals surface area contributed by atoms with Crippen molar-refractivity contribution in [1.29, 1.82) is 0 Å². The number of anilines is 1. The maximum Gasteiger partial charge on any atom is 0.256 e. The fourth-order valence-corrected chi connectivity index (χ4v) is 3.72. The molecule has 140 valence electrons. The molecule has 2 aromatic carbocycles. The Hall–Kier alpha value is -2.32. The van der Waals surface area contributed by atoms with Gasteiger partial charge in [0.2, 0.25) is 10.0 Å². The maximum absolute atomic E-state index is 13.7. The Morgan fingerprint density at radius 2 is 1.62 bits per heavy atom. The second-order valence-corrected chi connectivity index (χ2v) is 8.57. The molecule has 5 nitrogen and oxygen atoms in total. The summed E-state index contributed by atoms with van der Waals surface area (Å²) in [6.45, 7) is 6.66. The first-order valence-electron chi connectivity index (χ1n) is 7.81. The summed E-state index contributed by atoms with van der Waals surface area (Å²) in [5.41, 5.74) is -0.820. The zero-order valence-corrected chi connectivity index (χ0v) is 15.7. The Morgan fingerprint density at radius 3 is 2.15 bits per heavy atom. The molecule has 0 aliphatic rings. The molecule has 0 saturated heterocycles. The number of aryl methyl sites for hydroxylation is 1. The van der Waals surface area contributed by atoms with Crippen molar-refractivity contribution in [1.82, 2.24) is 4.72 Å². The van der Waals surface area contributed by atoms with Crippen LogP contribution in [0.4, 0.5) is 14.5 Å². The molecular weight excluding hydrogens is 362 g/mol. The molecule has 0 radical (unpaired) electrons. The largest absolute Gasteiger partial charge is 0.317 e. The van der Waals surface area contributed by atoms with E-state index in [1.165, 1.54) is 24.3 Å². The molecule has 0 fully saturated rings. The van der Waals surface area contributed by atoms with Gasteiger partial charge in [-0.15, -0.1) is 0 Å². The van der Waals surface area contributed by atoms with E-state index in [2.05, 4.69) is 10.0 Å². The van der Waals surface area contributed by atoms with Crippen molar-refractivity contribution in [3.63, 3.8) is 0 Å². The molecule has 26 heavy (non-hydrogen) atoms. The van der Waals surface area contributed by atoms with Crippen LogP contribution in [0.1, 0.15) is 36.7 Å². The number of sulfonamides is 1. The number of halogens is 2. The van der Waals surface area contributed by atoms with Gasteiger partial charge in [0.25, 0.3) is 5.91 Å². The quantitative estimate of drug-likeness (QED) is 0.848. The van der Waals surface area contributed by atoms with E-state index in [-0.39, 0.29) is 10.5 Å². The second kappa shape index (κ2) is 7.13. The zero-order chi connectivity index (χ0) is 19.7. The predicted octanol–water partition coefficient (Wildman–Crippen LogP) is 3.60. The lowest BCUT2D eigenvalue weighted by Gasteiger charge is -2.20. The van der Waals surface area contributed by atoms with E-state index in [1.807, 2.05) is 0 Å². The highest BCUT2D eigenvalue weighted by Gasteiger charge is 2.24. The summed E-state index contributed by atoms with van der Waals surface area (Å²) in [6, 6.07) is 7.21. The van der Waals surface area contributed by atoms with Crippen LogP contribution in [0.5, 0.6) is 0 Å². The Labute approximate surface area is 151 Å². The molecule has 1 amide bonds. The van der Waals surface area contributed by atoms with Crippen molar-refractivity contribution < 1.29 is 22.0 Å². The van der Waals surface area contributed by atoms with Gasteiger partial charge >= 0.3 is 0 Å². The van der Waals surface area contributed by atoms with Gasteiger partial charge in [-0.25, -0.2) is 21.9 Å². The van der Waals surface area contributed by atoms with Crippen molar-refractivity contribution in [3.8, 4) is 0 Å². The van der Waals surface area contributed by atoms with Crippen molar-refractivity contribution in [2.45, 2.75) is 38.1 Å². The van der Waals surface area contributed by atoms with E-state index in [4.69, 9.17) is 0 Å². The van der Waals surface area contributed by atoms with E-state index in [9.17, 15) is 22.0 Å². The second-order valence-electron chi connectivity index (χ2n) is 6.88. The summed E-state index contributed by atoms with van der Waals surface area (Å²) >= 11 is 0. The van der Waals surface area contributed by atoms with Crippen LogP contribution in [-0.4, -0.2) is 19.9 Å². The van der Waals surface area contributed by atoms with Gasteiger partial charge in [0, 0.05) is 11.1 Å². The van der Waals surface area contributed by atoms with Crippen LogP contribution in [-0.2, 0) is 10.0 Å². The molecule has 0 atom stereocenters. The Balaban J connectivity index is 2.40. The number of nitrogens with one attached hydrogen (secondary N) is 2. The van der Waals surface area contributed by atoms with E-state index in [0.29, 0.717) is 5.56 Å². The molecule has 0 aromatic heterocycles. The smallest absolute Gasteiger partial charge is 0.256 e. The molecule has 2 aromatic rings. The molecule has 0 heterocycles. The van der Waals surface area contributed by atoms with Crippen LogP contribution in [0.15, 0.2) is 41.3 Å². The maximum atomic E-state index is 13.7. The van der Waals surface area contributed by atoms with Crippen LogP contribution < -0.4 is 10.0 Å². The third-order valence-electron chi connectivity index (χ3n) is 3.41. The standard InChI is InChI=1S/C18H20F2N2O3S/c1-11-8-9-12(26(24,25)22-18(2,3)4)10-13(11)17(23)21-16-14(19)6-5-7-15(16)20/h5-10,22H,1-4H3,(H,21,23). The summed E-state index contributed by atoms with van der Waals surface area (Å²) in [6.07, 6.45) is 0. The van der Waals surface area contributed by atoms with Crippen LogP contribution in [0.25, 0.3) is 0 Å². The molecular formula is C18H20F2N2O3S. The van der Waals surface area contributed by atoms with E-state index in [1.54, 1.807) is 27.7 Å². The van der Waals surface area contributed by atoms with E-state index in [0.717, 1.165) is 12.1 Å². The minimum Gasteiger partial charge on any atom is -0.317 e. The number of carbonyl (C=O) groups is 1. The lowest BCUT2D eigenvalue weighted by Crippen LogP contribution is -2.40. The summed E-state index contributed by atoms with van der Waals surface area (Å²) in [5.74, 6) is -2.65. The monoisotopic (exact) mass is 382 g/mol. The number of amides is 1. The number of carbonyl (C=O) groups excluding carboxylic acids is 1. The molecule has 0 bridgehead atoms. The molecule has 0 saturated carbocycles. The molecule has 8 heteroatoms. The fraction of sp³-hybridized carbons (Fsp3) is 0.278. The first kappa shape index (κ1) is 20.0. The van der Waals surface area contributed by atoms with Crippen LogP contribution in [0, 0.1) is 18.6 Å². The van der Waals surface area contributed by atoms with E-state index >= 15 is 0 Å². The van der Waals surface area contributed by atoms with Gasteiger partial charge in [0.05, 0.1) is 4.90 Å². The zero-order valence-electron chi connectivity index (χ0n) is 14.9. The van der Waals surface area contributed by atoms with Gasteiger partial charge in [0.15, 0.2) is 0 Å². The van der Waals surface area contributed by atoms with Gasteiger partial charge in [-0.2, -0.15) is 0 Å². The first-order valence-corrected chi connectivity index (χ1v) is 9.29. The predicted molar refractivity (Wildman–Crippen MR) is 95.6 cm³/mol. The molecule has 2 rings (SSSR count). The van der Waals surface area contributed by atoms with Crippen molar-refractivity contribution in [2.75, 3.05) is 5.32 Å². The summed E-state index contributed by atoms with van der Waals surface area (Å²) in [5, 5.41) is 2.16. The van der Waals surface area contributed by atoms with E-state index < -0.39 is 38.8 Å². The topological polar surface area (TPSA) is 75.3 Å². The van der Waals surface area contributed by atoms with Crippen LogP contribution in [0.2, 0.25) is 0 Å². The molecule has 2 N–H and O–H groups in total. The van der Waals surface area contributed by atoms with Crippen LogP contribution >= 0.6 is 0 Å². The van der Waals surface area contributed by atoms with Crippen LogP contribution in [0.3, 0.4) is 0 Å². The highest BCUT2D eigenvalue weighted by molar-refractivity contribution is 7.89. The van der Waals surface area contributed by atoms with Crippen molar-refractivity contribution in [3.05, 3.63) is 59.2 Å². The molecule has 0 spiro atoms. The average Bonchev–Trinajstić information content (AvgIpc) is 2.48. The fourth-order valence-electron chi connectivity index (χ4n) is 2.27. The third kappa shape index (κ3) is 4.64. The summed E-state index contributed by atoms with van der Waals surface area (Å²) in [7, 11) is -3.86.